The Kier molecular flexibility index (Phi) is 5.26. The van der Waals surface area contributed by atoms with Gasteiger partial charge in [0.1, 0.15) is 0 Å². The minimum absolute atomic E-state index is 0.0368. The van der Waals surface area contributed by atoms with Crippen LogP contribution in [-0.4, -0.2) is 40.7 Å². The molecule has 0 atom stereocenters. The maximum atomic E-state index is 12.7. The zero-order valence-electron chi connectivity index (χ0n) is 14.0. The van der Waals surface area contributed by atoms with E-state index in [-0.39, 0.29) is 11.3 Å². The molecule has 0 aliphatic carbocycles. The number of hydrogen-bond donors (Lipinski definition) is 1. The SMILES string of the molecule is Cc1c(C(=O)N(C)CC(C)(C)CN)cnn1-c1cccc(Br)c1. The lowest BCUT2D eigenvalue weighted by molar-refractivity contribution is 0.0740. The standard InChI is InChI=1S/C17H23BrN4O/c1-12-15(16(23)21(4)11-17(2,3)10-19)9-20-22(12)14-7-5-6-13(18)8-14/h5-9H,10-11,19H2,1-4H3. The predicted octanol–water partition coefficient (Wildman–Crippen LogP) is 3.00. The van der Waals surface area contributed by atoms with E-state index >= 15 is 0 Å². The summed E-state index contributed by atoms with van der Waals surface area (Å²) in [4.78, 5) is 14.4. The molecule has 0 bridgehead atoms. The number of nitrogens with zero attached hydrogens (tertiary/aromatic N) is 3. The Balaban J connectivity index is 2.27. The molecule has 0 saturated heterocycles. The second kappa shape index (κ2) is 6.84. The summed E-state index contributed by atoms with van der Waals surface area (Å²) in [7, 11) is 1.80. The van der Waals surface area contributed by atoms with Crippen LogP contribution < -0.4 is 5.73 Å². The number of rotatable bonds is 5. The summed E-state index contributed by atoms with van der Waals surface area (Å²) in [5.74, 6) is -0.0368. The van der Waals surface area contributed by atoms with E-state index < -0.39 is 0 Å². The summed E-state index contributed by atoms with van der Waals surface area (Å²) in [6.07, 6.45) is 1.63. The molecule has 1 aromatic heterocycles. The number of nitrogens with two attached hydrogens (primary N) is 1. The Hall–Kier alpha value is -1.66. The molecule has 0 aliphatic heterocycles. The molecule has 1 heterocycles. The van der Waals surface area contributed by atoms with Gasteiger partial charge in [-0.1, -0.05) is 35.8 Å². The summed E-state index contributed by atoms with van der Waals surface area (Å²) in [6.45, 7) is 7.14. The van der Waals surface area contributed by atoms with Gasteiger partial charge in [0.25, 0.3) is 5.91 Å². The van der Waals surface area contributed by atoms with Crippen molar-refractivity contribution in [3.05, 3.63) is 46.2 Å². The number of hydrogen-bond acceptors (Lipinski definition) is 3. The van der Waals surface area contributed by atoms with Crippen molar-refractivity contribution in [2.45, 2.75) is 20.8 Å². The topological polar surface area (TPSA) is 64.2 Å². The van der Waals surface area contributed by atoms with E-state index in [1.165, 1.54) is 0 Å². The minimum Gasteiger partial charge on any atom is -0.341 e. The van der Waals surface area contributed by atoms with Crippen molar-refractivity contribution in [3.63, 3.8) is 0 Å². The first-order valence-corrected chi connectivity index (χ1v) is 8.30. The highest BCUT2D eigenvalue weighted by molar-refractivity contribution is 9.10. The fraction of sp³-hybridized carbons (Fsp3) is 0.412. The monoisotopic (exact) mass is 378 g/mol. The molecule has 0 fully saturated rings. The lowest BCUT2D eigenvalue weighted by Gasteiger charge is -2.29. The average molecular weight is 379 g/mol. The number of carbonyl (C=O) groups excluding carboxylic acids is 1. The van der Waals surface area contributed by atoms with Crippen LogP contribution in [0.15, 0.2) is 34.9 Å². The van der Waals surface area contributed by atoms with Crippen LogP contribution in [0, 0.1) is 12.3 Å². The number of benzene rings is 1. The van der Waals surface area contributed by atoms with Crippen LogP contribution in [0.5, 0.6) is 0 Å². The van der Waals surface area contributed by atoms with Crippen LogP contribution in [-0.2, 0) is 0 Å². The predicted molar refractivity (Wildman–Crippen MR) is 95.8 cm³/mol. The third-order valence-corrected chi connectivity index (χ3v) is 4.35. The van der Waals surface area contributed by atoms with E-state index in [0.29, 0.717) is 18.7 Å². The minimum atomic E-state index is -0.112. The Morgan fingerprint density at radius 1 is 1.43 bits per heavy atom. The van der Waals surface area contributed by atoms with Crippen molar-refractivity contribution in [1.29, 1.82) is 0 Å². The quantitative estimate of drug-likeness (QED) is 0.869. The van der Waals surface area contributed by atoms with Gasteiger partial charge >= 0.3 is 0 Å². The normalized spacial score (nSPS) is 11.6. The maximum Gasteiger partial charge on any atom is 0.257 e. The molecule has 5 nitrogen and oxygen atoms in total. The smallest absolute Gasteiger partial charge is 0.257 e. The molecule has 23 heavy (non-hydrogen) atoms. The van der Waals surface area contributed by atoms with Crippen LogP contribution in [0.2, 0.25) is 0 Å². The van der Waals surface area contributed by atoms with Gasteiger partial charge in [-0.05, 0) is 37.1 Å². The van der Waals surface area contributed by atoms with Gasteiger partial charge in [0.05, 0.1) is 23.1 Å². The first-order chi connectivity index (χ1) is 10.7. The summed E-state index contributed by atoms with van der Waals surface area (Å²) >= 11 is 3.46. The molecule has 2 aromatic rings. The fourth-order valence-corrected chi connectivity index (χ4v) is 2.86. The second-order valence-electron chi connectivity index (χ2n) is 6.56. The largest absolute Gasteiger partial charge is 0.341 e. The van der Waals surface area contributed by atoms with Gasteiger partial charge < -0.3 is 10.6 Å². The molecule has 124 valence electrons. The van der Waals surface area contributed by atoms with E-state index in [1.807, 2.05) is 31.2 Å². The van der Waals surface area contributed by atoms with Crippen molar-refractivity contribution in [1.82, 2.24) is 14.7 Å². The number of carbonyl (C=O) groups is 1. The van der Waals surface area contributed by atoms with E-state index in [2.05, 4.69) is 34.9 Å². The van der Waals surface area contributed by atoms with Crippen LogP contribution in [0.25, 0.3) is 5.69 Å². The first kappa shape index (κ1) is 17.7. The van der Waals surface area contributed by atoms with Crippen molar-refractivity contribution in [3.8, 4) is 5.69 Å². The third kappa shape index (κ3) is 4.00. The molecule has 1 aromatic carbocycles. The Morgan fingerprint density at radius 3 is 2.74 bits per heavy atom. The van der Waals surface area contributed by atoms with Gasteiger partial charge in [-0.3, -0.25) is 4.79 Å². The van der Waals surface area contributed by atoms with Crippen molar-refractivity contribution in [2.75, 3.05) is 20.1 Å². The molecule has 0 radical (unpaired) electrons. The summed E-state index contributed by atoms with van der Waals surface area (Å²) in [5.41, 5.74) is 8.00. The van der Waals surface area contributed by atoms with Gasteiger partial charge in [-0.2, -0.15) is 5.10 Å². The van der Waals surface area contributed by atoms with Gasteiger partial charge in [0.15, 0.2) is 0 Å². The molecule has 0 unspecified atom stereocenters. The lowest BCUT2D eigenvalue weighted by atomic mass is 9.93. The Labute approximate surface area is 145 Å². The van der Waals surface area contributed by atoms with Crippen molar-refractivity contribution < 1.29 is 4.79 Å². The molecular weight excluding hydrogens is 356 g/mol. The number of amides is 1. The highest BCUT2D eigenvalue weighted by atomic mass is 79.9. The second-order valence-corrected chi connectivity index (χ2v) is 7.48. The highest BCUT2D eigenvalue weighted by Crippen LogP contribution is 2.20. The summed E-state index contributed by atoms with van der Waals surface area (Å²) in [5, 5.41) is 4.37. The molecule has 2 N–H and O–H groups in total. The molecular formula is C17H23BrN4O. The van der Waals surface area contributed by atoms with Crippen LogP contribution in [0.3, 0.4) is 0 Å². The molecule has 2 rings (SSSR count). The first-order valence-electron chi connectivity index (χ1n) is 7.51. The zero-order chi connectivity index (χ0) is 17.2. The van der Waals surface area contributed by atoms with Crippen molar-refractivity contribution >= 4 is 21.8 Å². The molecule has 0 spiro atoms. The maximum absolute atomic E-state index is 12.7. The van der Waals surface area contributed by atoms with E-state index in [4.69, 9.17) is 5.73 Å². The van der Waals surface area contributed by atoms with E-state index in [1.54, 1.807) is 22.8 Å². The Morgan fingerprint density at radius 2 is 2.13 bits per heavy atom. The number of halogens is 1. The summed E-state index contributed by atoms with van der Waals surface area (Å²) in [6, 6.07) is 7.82. The number of aromatic nitrogens is 2. The molecule has 6 heteroatoms. The molecule has 1 amide bonds. The van der Waals surface area contributed by atoms with Gasteiger partial charge in [0.2, 0.25) is 0 Å². The fourth-order valence-electron chi connectivity index (χ4n) is 2.47. The van der Waals surface area contributed by atoms with Gasteiger partial charge in [-0.25, -0.2) is 4.68 Å². The van der Waals surface area contributed by atoms with Crippen LogP contribution >= 0.6 is 15.9 Å². The average Bonchev–Trinajstić information content (AvgIpc) is 2.87. The van der Waals surface area contributed by atoms with Gasteiger partial charge in [-0.15, -0.1) is 0 Å². The summed E-state index contributed by atoms with van der Waals surface area (Å²) < 4.78 is 2.75. The Bertz CT molecular complexity index is 708. The van der Waals surface area contributed by atoms with Crippen LogP contribution in [0.4, 0.5) is 0 Å². The lowest BCUT2D eigenvalue weighted by Crippen LogP contribution is -2.39. The third-order valence-electron chi connectivity index (χ3n) is 3.86. The van der Waals surface area contributed by atoms with E-state index in [0.717, 1.165) is 15.9 Å². The molecule has 0 saturated carbocycles. The molecule has 0 aliphatic rings. The highest BCUT2D eigenvalue weighted by Gasteiger charge is 2.24. The zero-order valence-corrected chi connectivity index (χ0v) is 15.6. The van der Waals surface area contributed by atoms with E-state index in [9.17, 15) is 4.79 Å². The van der Waals surface area contributed by atoms with Crippen LogP contribution in [0.1, 0.15) is 29.9 Å². The van der Waals surface area contributed by atoms with Gasteiger partial charge in [0, 0.05) is 18.1 Å². The van der Waals surface area contributed by atoms with Crippen molar-refractivity contribution in [2.24, 2.45) is 11.1 Å².